The van der Waals surface area contributed by atoms with Crippen molar-refractivity contribution in [3.8, 4) is 0 Å². The van der Waals surface area contributed by atoms with E-state index in [0.29, 0.717) is 0 Å². The van der Waals surface area contributed by atoms with Gasteiger partial charge in [-0.25, -0.2) is 4.79 Å². The molecule has 112 valence electrons. The summed E-state index contributed by atoms with van der Waals surface area (Å²) < 4.78 is 1.18. The van der Waals surface area contributed by atoms with Crippen molar-refractivity contribution in [2.45, 2.75) is 13.0 Å². The maximum absolute atomic E-state index is 10.7. The Kier molecular flexibility index (Phi) is 4.94. The Morgan fingerprint density at radius 1 is 1.43 bits per heavy atom. The van der Waals surface area contributed by atoms with Crippen LogP contribution in [0.3, 0.4) is 0 Å². The molecule has 0 bridgehead atoms. The van der Waals surface area contributed by atoms with Crippen LogP contribution in [0.5, 0.6) is 0 Å². The maximum Gasteiger partial charge on any atom is 0.328 e. The van der Waals surface area contributed by atoms with Crippen molar-refractivity contribution in [1.29, 1.82) is 0 Å². The van der Waals surface area contributed by atoms with Crippen LogP contribution in [0.1, 0.15) is 16.0 Å². The predicted molar refractivity (Wildman–Crippen MR) is 90.8 cm³/mol. The molecule has 0 unspecified atom stereocenters. The van der Waals surface area contributed by atoms with E-state index >= 15 is 0 Å². The van der Waals surface area contributed by atoms with Gasteiger partial charge in [0.15, 0.2) is 0 Å². The van der Waals surface area contributed by atoms with Gasteiger partial charge in [0.1, 0.15) is 0 Å². The number of carboxylic acid groups (broad SMARTS) is 1. The molecule has 3 rings (SSSR count). The van der Waals surface area contributed by atoms with Gasteiger partial charge in [0.2, 0.25) is 0 Å². The van der Waals surface area contributed by atoms with E-state index < -0.39 is 5.97 Å². The van der Waals surface area contributed by atoms with Gasteiger partial charge < -0.3 is 10.0 Å². The van der Waals surface area contributed by atoms with E-state index in [4.69, 9.17) is 16.7 Å². The molecule has 0 saturated heterocycles. The molecule has 1 aliphatic rings. The lowest BCUT2D eigenvalue weighted by atomic mass is 10.0. The molecule has 0 saturated carbocycles. The highest BCUT2D eigenvalue weighted by Crippen LogP contribution is 2.39. The van der Waals surface area contributed by atoms with Crippen LogP contribution in [0.2, 0.25) is 5.02 Å². The van der Waals surface area contributed by atoms with Gasteiger partial charge in [0.25, 0.3) is 0 Å². The number of halogens is 2. The summed E-state index contributed by atoms with van der Waals surface area (Å²) in [6.45, 7) is 1.78. The van der Waals surface area contributed by atoms with E-state index in [-0.39, 0.29) is 12.4 Å². The van der Waals surface area contributed by atoms with Gasteiger partial charge in [-0.2, -0.15) is 0 Å². The predicted octanol–water partition coefficient (Wildman–Crippen LogP) is 4.06. The number of nitrogens with zero attached hydrogens (tertiary/aromatic N) is 1. The molecular weight excluding hydrogens is 329 g/mol. The van der Waals surface area contributed by atoms with Crippen molar-refractivity contribution in [1.82, 2.24) is 4.90 Å². The number of carboxylic acids is 1. The molecule has 21 heavy (non-hydrogen) atoms. The topological polar surface area (TPSA) is 40.5 Å². The van der Waals surface area contributed by atoms with Gasteiger partial charge in [-0.1, -0.05) is 11.6 Å². The van der Waals surface area contributed by atoms with E-state index in [1.807, 2.05) is 12.1 Å². The summed E-state index contributed by atoms with van der Waals surface area (Å²) in [5.41, 5.74) is 2.38. The lowest BCUT2D eigenvalue weighted by Gasteiger charge is -2.13. The first kappa shape index (κ1) is 16.3. The highest BCUT2D eigenvalue weighted by molar-refractivity contribution is 7.20. The lowest BCUT2D eigenvalue weighted by molar-refractivity contribution is -0.131. The van der Waals surface area contributed by atoms with Crippen molar-refractivity contribution in [2.75, 3.05) is 13.6 Å². The molecule has 0 radical (unpaired) electrons. The van der Waals surface area contributed by atoms with Crippen molar-refractivity contribution in [3.05, 3.63) is 39.2 Å². The van der Waals surface area contributed by atoms with Crippen LogP contribution < -0.4 is 0 Å². The zero-order valence-corrected chi connectivity index (χ0v) is 13.8. The van der Waals surface area contributed by atoms with E-state index in [1.54, 1.807) is 17.4 Å². The molecule has 0 atom stereocenters. The number of benzene rings is 1. The van der Waals surface area contributed by atoms with Gasteiger partial charge in [0, 0.05) is 39.2 Å². The molecule has 2 heterocycles. The summed E-state index contributed by atoms with van der Waals surface area (Å²) >= 11 is 7.97. The average Bonchev–Trinajstić information content (AvgIpc) is 2.62. The first-order valence-corrected chi connectivity index (χ1v) is 7.58. The second kappa shape index (κ2) is 6.36. The first-order chi connectivity index (χ1) is 9.56. The van der Waals surface area contributed by atoms with Crippen molar-refractivity contribution < 1.29 is 9.90 Å². The quantitative estimate of drug-likeness (QED) is 0.835. The monoisotopic (exact) mass is 343 g/mol. The number of thiophene rings is 1. The van der Waals surface area contributed by atoms with Gasteiger partial charge in [0.05, 0.1) is 0 Å². The van der Waals surface area contributed by atoms with Crippen molar-refractivity contribution in [2.24, 2.45) is 0 Å². The van der Waals surface area contributed by atoms with Crippen LogP contribution in [-0.2, 0) is 17.8 Å². The molecule has 2 aromatic rings. The summed E-state index contributed by atoms with van der Waals surface area (Å²) in [6.07, 6.45) is 3.82. The molecular formula is C15H15Cl2NO2S. The summed E-state index contributed by atoms with van der Waals surface area (Å²) in [5.74, 6) is -0.921. The molecule has 1 aliphatic heterocycles. The molecule has 1 N–H and O–H groups in total. The summed E-state index contributed by atoms with van der Waals surface area (Å²) in [4.78, 5) is 14.0. The molecule has 1 aromatic heterocycles. The van der Waals surface area contributed by atoms with Crippen molar-refractivity contribution in [3.63, 3.8) is 0 Å². The number of hydrogen-bond donors (Lipinski definition) is 1. The minimum absolute atomic E-state index is 0. The highest BCUT2D eigenvalue weighted by atomic mass is 35.5. The molecule has 6 heteroatoms. The average molecular weight is 344 g/mol. The van der Waals surface area contributed by atoms with Gasteiger partial charge in [-0.15, -0.1) is 23.7 Å². The summed E-state index contributed by atoms with van der Waals surface area (Å²) in [5, 5.41) is 10.8. The van der Waals surface area contributed by atoms with Crippen LogP contribution in [0, 0.1) is 0 Å². The van der Waals surface area contributed by atoms with Crippen LogP contribution >= 0.6 is 35.3 Å². The molecule has 3 nitrogen and oxygen atoms in total. The molecule has 0 fully saturated rings. The van der Waals surface area contributed by atoms with Gasteiger partial charge in [-0.3, -0.25) is 0 Å². The fourth-order valence-corrected chi connectivity index (χ4v) is 4.05. The fraction of sp³-hybridized carbons (Fsp3) is 0.267. The number of carbonyl (C=O) groups is 1. The van der Waals surface area contributed by atoms with Crippen LogP contribution in [0.15, 0.2) is 18.2 Å². The second-order valence-electron chi connectivity index (χ2n) is 5.00. The Hall–Kier alpha value is -1.07. The van der Waals surface area contributed by atoms with Gasteiger partial charge in [-0.05, 0) is 42.8 Å². The SMILES string of the molecule is CN1CCc2c(Cl)ccc3sc(/C=C/C(=O)O)c(c23)C1.Cl. The van der Waals surface area contributed by atoms with Crippen molar-refractivity contribution >= 4 is 57.5 Å². The Labute approximate surface area is 138 Å². The van der Waals surface area contributed by atoms with E-state index in [2.05, 4.69) is 11.9 Å². The lowest BCUT2D eigenvalue weighted by Crippen LogP contribution is -2.18. The molecule has 0 aliphatic carbocycles. The zero-order valence-electron chi connectivity index (χ0n) is 11.4. The summed E-state index contributed by atoms with van der Waals surface area (Å²) in [7, 11) is 2.08. The Balaban J connectivity index is 0.00000161. The third kappa shape index (κ3) is 3.09. The third-order valence-corrected chi connectivity index (χ3v) is 5.10. The van der Waals surface area contributed by atoms with E-state index in [0.717, 1.165) is 29.4 Å². The van der Waals surface area contributed by atoms with Crippen LogP contribution in [0.4, 0.5) is 0 Å². The molecule has 0 spiro atoms. The number of rotatable bonds is 2. The number of aliphatic carboxylic acids is 1. The smallest absolute Gasteiger partial charge is 0.328 e. The number of likely N-dealkylation sites (N-methyl/N-ethyl adjacent to an activating group) is 1. The van der Waals surface area contributed by atoms with E-state index in [9.17, 15) is 4.79 Å². The Bertz CT molecular complexity index is 724. The minimum atomic E-state index is -0.921. The van der Waals surface area contributed by atoms with Gasteiger partial charge >= 0.3 is 5.97 Å². The van der Waals surface area contributed by atoms with E-state index in [1.165, 1.54) is 27.3 Å². The molecule has 1 aromatic carbocycles. The third-order valence-electron chi connectivity index (χ3n) is 3.59. The van der Waals surface area contributed by atoms with Crippen LogP contribution in [-0.4, -0.2) is 29.6 Å². The summed E-state index contributed by atoms with van der Waals surface area (Å²) in [6, 6.07) is 3.97. The zero-order chi connectivity index (χ0) is 14.3. The minimum Gasteiger partial charge on any atom is -0.478 e. The number of hydrogen-bond acceptors (Lipinski definition) is 3. The normalized spacial score (nSPS) is 15.1. The van der Waals surface area contributed by atoms with Crippen LogP contribution in [0.25, 0.3) is 16.2 Å². The first-order valence-electron chi connectivity index (χ1n) is 6.38. The second-order valence-corrected chi connectivity index (χ2v) is 6.49. The Morgan fingerprint density at radius 2 is 2.19 bits per heavy atom. The Morgan fingerprint density at radius 3 is 2.90 bits per heavy atom. The molecule has 0 amide bonds. The fourth-order valence-electron chi connectivity index (χ4n) is 2.65. The highest BCUT2D eigenvalue weighted by Gasteiger charge is 2.20. The maximum atomic E-state index is 10.7. The largest absolute Gasteiger partial charge is 0.478 e. The standard InChI is InChI=1S/C15H14ClNO2S.ClH/c1-17-7-6-9-11(16)2-3-13-15(9)10(8-17)12(20-13)4-5-14(18)19;/h2-5H,6-8H2,1H3,(H,18,19);1H/b5-4+;.